The summed E-state index contributed by atoms with van der Waals surface area (Å²) in [5.74, 6) is 0.810. The topological polar surface area (TPSA) is 54.6 Å². The number of nitrogens with zero attached hydrogens (tertiary/aromatic N) is 1. The molecule has 0 saturated heterocycles. The SMILES string of the molecule is Cc1ccccc1C[C@@H](C(=O)N/N=C\c1ccc(-c2ccc(Br)cc2)o1)c1ccccc1. The van der Waals surface area contributed by atoms with E-state index < -0.39 is 0 Å². The second-order valence-corrected chi connectivity index (χ2v) is 8.45. The third kappa shape index (κ3) is 5.42. The van der Waals surface area contributed by atoms with E-state index in [1.165, 1.54) is 11.8 Å². The van der Waals surface area contributed by atoms with Gasteiger partial charge in [0.15, 0.2) is 0 Å². The minimum atomic E-state index is -0.343. The zero-order valence-electron chi connectivity index (χ0n) is 17.7. The van der Waals surface area contributed by atoms with E-state index in [0.29, 0.717) is 12.2 Å². The van der Waals surface area contributed by atoms with E-state index in [4.69, 9.17) is 4.42 Å². The molecule has 32 heavy (non-hydrogen) atoms. The van der Waals surface area contributed by atoms with Crippen LogP contribution in [0.2, 0.25) is 0 Å². The number of carbonyl (C=O) groups excluding carboxylic acids is 1. The van der Waals surface area contributed by atoms with Crippen molar-refractivity contribution in [1.29, 1.82) is 0 Å². The number of hydrogen-bond donors (Lipinski definition) is 1. The van der Waals surface area contributed by atoms with Crippen molar-refractivity contribution >= 4 is 28.1 Å². The van der Waals surface area contributed by atoms with E-state index in [1.807, 2.05) is 78.9 Å². The average Bonchev–Trinajstić information content (AvgIpc) is 3.28. The maximum Gasteiger partial charge on any atom is 0.247 e. The van der Waals surface area contributed by atoms with E-state index in [2.05, 4.69) is 45.5 Å². The third-order valence-corrected chi connectivity index (χ3v) is 5.85. The number of amides is 1. The van der Waals surface area contributed by atoms with Crippen molar-refractivity contribution in [3.63, 3.8) is 0 Å². The fraction of sp³-hybridized carbons (Fsp3) is 0.111. The van der Waals surface area contributed by atoms with Gasteiger partial charge in [0.1, 0.15) is 11.5 Å². The first kappa shape index (κ1) is 21.8. The molecule has 0 fully saturated rings. The Labute approximate surface area is 196 Å². The zero-order valence-corrected chi connectivity index (χ0v) is 19.2. The lowest BCUT2D eigenvalue weighted by atomic mass is 9.90. The molecular formula is C27H23BrN2O2. The quantitative estimate of drug-likeness (QED) is 0.239. The van der Waals surface area contributed by atoms with Gasteiger partial charge in [-0.3, -0.25) is 4.79 Å². The Kier molecular flexibility index (Phi) is 6.97. The number of aryl methyl sites for hydroxylation is 1. The largest absolute Gasteiger partial charge is 0.455 e. The molecule has 0 aliphatic heterocycles. The van der Waals surface area contributed by atoms with Crippen LogP contribution in [0.15, 0.2) is 105 Å². The highest BCUT2D eigenvalue weighted by atomic mass is 79.9. The van der Waals surface area contributed by atoms with E-state index in [0.717, 1.165) is 26.9 Å². The predicted octanol–water partition coefficient (Wildman–Crippen LogP) is 6.49. The molecule has 4 nitrogen and oxygen atoms in total. The number of rotatable bonds is 7. The van der Waals surface area contributed by atoms with Gasteiger partial charge < -0.3 is 4.42 Å². The average molecular weight is 487 g/mol. The molecule has 3 aromatic carbocycles. The van der Waals surface area contributed by atoms with E-state index >= 15 is 0 Å². The van der Waals surface area contributed by atoms with Crippen LogP contribution in [0, 0.1) is 6.92 Å². The second-order valence-electron chi connectivity index (χ2n) is 7.54. The Morgan fingerprint density at radius 2 is 1.69 bits per heavy atom. The van der Waals surface area contributed by atoms with Crippen molar-refractivity contribution in [3.8, 4) is 11.3 Å². The summed E-state index contributed by atoms with van der Waals surface area (Å²) in [5.41, 5.74) is 6.93. The normalized spacial score (nSPS) is 12.1. The van der Waals surface area contributed by atoms with Gasteiger partial charge in [-0.25, -0.2) is 5.43 Å². The van der Waals surface area contributed by atoms with Crippen LogP contribution in [0.3, 0.4) is 0 Å². The molecule has 1 N–H and O–H groups in total. The van der Waals surface area contributed by atoms with Crippen molar-refractivity contribution in [2.75, 3.05) is 0 Å². The lowest BCUT2D eigenvalue weighted by molar-refractivity contribution is -0.122. The van der Waals surface area contributed by atoms with Gasteiger partial charge in [0, 0.05) is 10.0 Å². The van der Waals surface area contributed by atoms with Gasteiger partial charge in [0.25, 0.3) is 0 Å². The van der Waals surface area contributed by atoms with Gasteiger partial charge >= 0.3 is 0 Å². The van der Waals surface area contributed by atoms with Crippen molar-refractivity contribution in [2.24, 2.45) is 5.10 Å². The number of halogens is 1. The highest BCUT2D eigenvalue weighted by Gasteiger charge is 2.21. The molecule has 1 amide bonds. The van der Waals surface area contributed by atoms with E-state index in [1.54, 1.807) is 0 Å². The smallest absolute Gasteiger partial charge is 0.247 e. The molecule has 0 radical (unpaired) electrons. The molecule has 5 heteroatoms. The molecule has 0 aliphatic carbocycles. The number of hydrogen-bond acceptors (Lipinski definition) is 3. The van der Waals surface area contributed by atoms with Crippen molar-refractivity contribution in [3.05, 3.63) is 118 Å². The Morgan fingerprint density at radius 3 is 2.44 bits per heavy atom. The van der Waals surface area contributed by atoms with Crippen LogP contribution in [-0.4, -0.2) is 12.1 Å². The molecule has 1 heterocycles. The number of hydrazone groups is 1. The lowest BCUT2D eigenvalue weighted by Gasteiger charge is -2.17. The fourth-order valence-electron chi connectivity index (χ4n) is 3.54. The van der Waals surface area contributed by atoms with E-state index in [-0.39, 0.29) is 11.8 Å². The summed E-state index contributed by atoms with van der Waals surface area (Å²) in [7, 11) is 0. The second kappa shape index (κ2) is 10.2. The van der Waals surface area contributed by atoms with Gasteiger partial charge in [0.05, 0.1) is 12.1 Å². The van der Waals surface area contributed by atoms with Crippen molar-refractivity contribution in [2.45, 2.75) is 19.3 Å². The minimum absolute atomic E-state index is 0.157. The first-order valence-electron chi connectivity index (χ1n) is 10.4. The highest BCUT2D eigenvalue weighted by Crippen LogP contribution is 2.24. The molecule has 0 saturated carbocycles. The van der Waals surface area contributed by atoms with Crippen LogP contribution in [0.4, 0.5) is 0 Å². The number of nitrogens with one attached hydrogen (secondary N) is 1. The Hall–Kier alpha value is -3.44. The number of benzene rings is 3. The van der Waals surface area contributed by atoms with Gasteiger partial charge in [-0.15, -0.1) is 0 Å². The molecule has 160 valence electrons. The van der Waals surface area contributed by atoms with Crippen LogP contribution in [-0.2, 0) is 11.2 Å². The molecule has 0 spiro atoms. The van der Waals surface area contributed by atoms with Gasteiger partial charge in [0.2, 0.25) is 5.91 Å². The summed E-state index contributed by atoms with van der Waals surface area (Å²) >= 11 is 3.43. The third-order valence-electron chi connectivity index (χ3n) is 5.33. The molecule has 1 atom stereocenters. The molecule has 4 rings (SSSR count). The van der Waals surface area contributed by atoms with Gasteiger partial charge in [-0.2, -0.15) is 5.10 Å². The first-order chi connectivity index (χ1) is 15.6. The molecule has 0 bridgehead atoms. The Bertz CT molecular complexity index is 1210. The maximum absolute atomic E-state index is 13.0. The lowest BCUT2D eigenvalue weighted by Crippen LogP contribution is -2.27. The van der Waals surface area contributed by atoms with Crippen LogP contribution < -0.4 is 5.43 Å². The summed E-state index contributed by atoms with van der Waals surface area (Å²) in [5, 5.41) is 4.15. The van der Waals surface area contributed by atoms with Crippen LogP contribution in [0.25, 0.3) is 11.3 Å². The van der Waals surface area contributed by atoms with E-state index in [9.17, 15) is 4.79 Å². The standard InChI is InChI=1S/C27H23BrN2O2/c1-19-7-5-6-10-22(19)17-25(20-8-3-2-4-9-20)27(31)30-29-18-24-15-16-26(32-24)21-11-13-23(28)14-12-21/h2-16,18,25H,17H2,1H3,(H,30,31)/b29-18-/t25-/m1/s1. The zero-order chi connectivity index (χ0) is 22.3. The fourth-order valence-corrected chi connectivity index (χ4v) is 3.80. The highest BCUT2D eigenvalue weighted by molar-refractivity contribution is 9.10. The van der Waals surface area contributed by atoms with Crippen molar-refractivity contribution in [1.82, 2.24) is 5.43 Å². The van der Waals surface area contributed by atoms with Crippen molar-refractivity contribution < 1.29 is 9.21 Å². The molecular weight excluding hydrogens is 464 g/mol. The Balaban J connectivity index is 1.47. The first-order valence-corrected chi connectivity index (χ1v) is 11.2. The van der Waals surface area contributed by atoms with Crippen LogP contribution >= 0.6 is 15.9 Å². The summed E-state index contributed by atoms with van der Waals surface area (Å²) in [4.78, 5) is 13.0. The van der Waals surface area contributed by atoms with Gasteiger partial charge in [-0.05, 0) is 54.3 Å². The monoisotopic (exact) mass is 486 g/mol. The minimum Gasteiger partial charge on any atom is -0.455 e. The Morgan fingerprint density at radius 1 is 0.969 bits per heavy atom. The predicted molar refractivity (Wildman–Crippen MR) is 132 cm³/mol. The number of carbonyl (C=O) groups is 1. The van der Waals surface area contributed by atoms with Crippen LogP contribution in [0.5, 0.6) is 0 Å². The number of furan rings is 1. The van der Waals surface area contributed by atoms with Gasteiger partial charge in [-0.1, -0.05) is 82.7 Å². The molecule has 0 aliphatic rings. The van der Waals surface area contributed by atoms with Crippen LogP contribution in [0.1, 0.15) is 28.4 Å². The summed E-state index contributed by atoms with van der Waals surface area (Å²) in [6, 6.07) is 29.5. The summed E-state index contributed by atoms with van der Waals surface area (Å²) in [6.45, 7) is 2.06. The molecule has 4 aromatic rings. The summed E-state index contributed by atoms with van der Waals surface area (Å²) in [6.07, 6.45) is 2.13. The maximum atomic E-state index is 13.0. The molecule has 1 aromatic heterocycles. The summed E-state index contributed by atoms with van der Waals surface area (Å²) < 4.78 is 6.84. The molecule has 0 unspecified atom stereocenters.